The zero-order chi connectivity index (χ0) is 41.2. The van der Waals surface area contributed by atoms with Crippen LogP contribution in [-0.4, -0.2) is 57.3 Å². The van der Waals surface area contributed by atoms with Crippen LogP contribution in [0.2, 0.25) is 0 Å². The van der Waals surface area contributed by atoms with Crippen molar-refractivity contribution in [3.8, 4) is 22.5 Å². The lowest BCUT2D eigenvalue weighted by atomic mass is 9.55. The number of hydroxylamine groups is 1. The maximum absolute atomic E-state index is 12.5. The van der Waals surface area contributed by atoms with Gasteiger partial charge in [-0.25, -0.2) is 16.9 Å². The first kappa shape index (κ1) is 40.9. The first-order valence-electron chi connectivity index (χ1n) is 19.4. The van der Waals surface area contributed by atoms with E-state index in [2.05, 4.69) is 79.5 Å². The van der Waals surface area contributed by atoms with Crippen molar-refractivity contribution in [2.24, 2.45) is 29.5 Å². The molecular weight excluding hydrogens is 691 g/mol. The van der Waals surface area contributed by atoms with E-state index >= 15 is 0 Å². The summed E-state index contributed by atoms with van der Waals surface area (Å²) in [6, 6.07) is 19.9. The number of nitrogens with zero attached hydrogens (tertiary/aromatic N) is 4. The van der Waals surface area contributed by atoms with Gasteiger partial charge in [0.05, 0.1) is 18.0 Å². The molecule has 8 rings (SSSR count). The molecule has 7 atom stereocenters. The number of carbonyl (C=O) groups excluding carboxylic acids is 2. The Morgan fingerprint density at radius 2 is 1.35 bits per heavy atom. The molecule has 2 heterocycles. The summed E-state index contributed by atoms with van der Waals surface area (Å²) in [7, 11) is 4.33. The number of aromatic amines is 2. The van der Waals surface area contributed by atoms with Crippen LogP contribution in [0.3, 0.4) is 0 Å². The minimum Gasteiger partial charge on any atom is -0.317 e. The van der Waals surface area contributed by atoms with Gasteiger partial charge in [0.25, 0.3) is 6.04 Å². The SMILES string of the molecule is CNN.CNO.[3H]C.[C-]#[N+]C1=C[C@]2(C)c3[nH]nc(-c4ccccc4)c3CC[C@H]2[C@H](C)C1=O.[C-]#[N+]C1C[C@]2(C)c3[nH]nc(-c4ccccc4)c3CC[C@H]2[C@H](C)C1=O. The van der Waals surface area contributed by atoms with Crippen LogP contribution in [0.15, 0.2) is 72.4 Å². The molecule has 4 aromatic rings. The van der Waals surface area contributed by atoms with Gasteiger partial charge in [-0.3, -0.25) is 26.3 Å². The largest absolute Gasteiger partial charge is 0.317 e. The van der Waals surface area contributed by atoms with Gasteiger partial charge in [-0.15, -0.1) is 0 Å². The van der Waals surface area contributed by atoms with E-state index in [1.54, 1.807) is 12.5 Å². The van der Waals surface area contributed by atoms with E-state index in [-0.39, 0.29) is 45.8 Å². The lowest BCUT2D eigenvalue weighted by Gasteiger charge is -2.46. The Hall–Kier alpha value is -5.24. The van der Waals surface area contributed by atoms with Crippen LogP contribution in [0, 0.1) is 36.8 Å². The van der Waals surface area contributed by atoms with Crippen LogP contribution in [-0.2, 0) is 33.3 Å². The summed E-state index contributed by atoms with van der Waals surface area (Å²) in [5.74, 6) is 5.03. The molecule has 0 amide bonds. The van der Waals surface area contributed by atoms with E-state index in [0.29, 0.717) is 12.3 Å². The third kappa shape index (κ3) is 7.82. The number of nitrogens with two attached hydrogens (primary N) is 1. The van der Waals surface area contributed by atoms with Crippen LogP contribution in [0.25, 0.3) is 32.2 Å². The topological polar surface area (TPSA) is 171 Å². The highest BCUT2D eigenvalue weighted by atomic mass is 16.5. The molecule has 0 bridgehead atoms. The summed E-state index contributed by atoms with van der Waals surface area (Å²) < 4.78 is 5.75. The van der Waals surface area contributed by atoms with Gasteiger partial charge in [0.2, 0.25) is 11.5 Å². The molecule has 55 heavy (non-hydrogen) atoms. The number of nitrogens with one attached hydrogen (secondary N) is 4. The lowest BCUT2D eigenvalue weighted by Crippen LogP contribution is -2.51. The molecular formula is C43H55N9O3. The number of hydrogen-bond acceptors (Lipinski definition) is 8. The minimum atomic E-state index is -0.518. The molecule has 2 aromatic carbocycles. The number of hydrazine groups is 1. The summed E-state index contributed by atoms with van der Waals surface area (Å²) in [6.07, 6.45) is 6.26. The Labute approximate surface area is 326 Å². The zero-order valence-electron chi connectivity index (χ0n) is 33.9. The normalized spacial score (nSPS) is 27.1. The zero-order valence-corrected chi connectivity index (χ0v) is 32.9. The predicted octanol–water partition coefficient (Wildman–Crippen LogP) is 7.02. The number of H-pyrrole nitrogens is 2. The number of Topliss-reactive ketones (excluding diaryl/α,β-unsaturated/α-hetero) is 2. The van der Waals surface area contributed by atoms with Crippen molar-refractivity contribution in [1.82, 2.24) is 31.3 Å². The van der Waals surface area contributed by atoms with Crippen LogP contribution in [0.1, 0.15) is 78.2 Å². The number of fused-ring (bicyclic) bond motifs is 6. The first-order valence-corrected chi connectivity index (χ1v) is 18.4. The smallest absolute Gasteiger partial charge is 0.282 e. The molecule has 4 aliphatic rings. The molecule has 0 saturated heterocycles. The number of rotatable bonds is 2. The summed E-state index contributed by atoms with van der Waals surface area (Å²) in [4.78, 5) is 31.9. The molecule has 1 unspecified atom stereocenters. The highest BCUT2D eigenvalue weighted by Crippen LogP contribution is 2.53. The van der Waals surface area contributed by atoms with Crippen LogP contribution in [0.5, 0.6) is 0 Å². The monoisotopic (exact) mass is 747 g/mol. The van der Waals surface area contributed by atoms with Gasteiger partial charge in [-0.2, -0.15) is 10.2 Å². The molecule has 0 aliphatic heterocycles. The number of ketones is 2. The van der Waals surface area contributed by atoms with Crippen LogP contribution >= 0.6 is 0 Å². The van der Waals surface area contributed by atoms with Gasteiger partial charge >= 0.3 is 0 Å². The highest BCUT2D eigenvalue weighted by Gasteiger charge is 2.55. The second kappa shape index (κ2) is 17.9. The van der Waals surface area contributed by atoms with Crippen molar-refractivity contribution < 1.29 is 16.2 Å². The molecule has 1 saturated carbocycles. The Morgan fingerprint density at radius 1 is 0.873 bits per heavy atom. The van der Waals surface area contributed by atoms with Gasteiger partial charge in [-0.05, 0) is 44.6 Å². The number of allylic oxidation sites excluding steroid dienone is 2. The summed E-state index contributed by atoms with van der Waals surface area (Å²) in [5, 5.41) is 23.0. The van der Waals surface area contributed by atoms with Crippen molar-refractivity contribution in [2.45, 2.75) is 84.1 Å². The number of aromatic nitrogens is 4. The van der Waals surface area contributed by atoms with Gasteiger partial charge in [0.15, 0.2) is 5.78 Å². The molecule has 290 valence electrons. The average Bonchev–Trinajstić information content (AvgIpc) is 3.87. The molecule has 4 aliphatic carbocycles. The molecule has 7 N–H and O–H groups in total. The average molecular weight is 748 g/mol. The second-order valence-electron chi connectivity index (χ2n) is 14.9. The summed E-state index contributed by atoms with van der Waals surface area (Å²) >= 11 is 0. The van der Waals surface area contributed by atoms with Gasteiger partial charge < -0.3 is 14.8 Å². The van der Waals surface area contributed by atoms with Crippen molar-refractivity contribution in [2.75, 3.05) is 14.1 Å². The van der Waals surface area contributed by atoms with Gasteiger partial charge in [0, 0.05) is 71.1 Å². The van der Waals surface area contributed by atoms with Gasteiger partial charge in [-0.1, -0.05) is 102 Å². The third-order valence-corrected chi connectivity index (χ3v) is 11.9. The fourth-order valence-electron chi connectivity index (χ4n) is 9.37. The van der Waals surface area contributed by atoms with E-state index in [1.807, 2.05) is 56.3 Å². The first-order chi connectivity index (χ1) is 26.9. The van der Waals surface area contributed by atoms with Crippen molar-refractivity contribution in [3.63, 3.8) is 0 Å². The third-order valence-electron chi connectivity index (χ3n) is 11.9. The van der Waals surface area contributed by atoms with E-state index in [1.165, 1.54) is 25.6 Å². The number of benzene rings is 2. The van der Waals surface area contributed by atoms with Crippen molar-refractivity contribution in [1.29, 1.82) is 0 Å². The van der Waals surface area contributed by atoms with E-state index in [9.17, 15) is 9.59 Å². The summed E-state index contributed by atoms with van der Waals surface area (Å²) in [5.41, 5.74) is 12.7. The molecule has 0 spiro atoms. The summed E-state index contributed by atoms with van der Waals surface area (Å²) in [6.45, 7) is 23.1. The molecule has 12 heteroatoms. The molecule has 2 aromatic heterocycles. The fourth-order valence-corrected chi connectivity index (χ4v) is 9.37. The van der Waals surface area contributed by atoms with E-state index in [4.69, 9.17) is 19.7 Å². The maximum Gasteiger partial charge on any atom is 0.282 e. The number of hydrogen-bond donors (Lipinski definition) is 6. The van der Waals surface area contributed by atoms with Crippen molar-refractivity contribution in [3.05, 3.63) is 118 Å². The molecule has 12 nitrogen and oxygen atoms in total. The van der Waals surface area contributed by atoms with E-state index in [0.717, 1.165) is 59.6 Å². The predicted molar refractivity (Wildman–Crippen MR) is 215 cm³/mol. The Bertz CT molecular complexity index is 2060. The quantitative estimate of drug-likeness (QED) is 0.0722. The van der Waals surface area contributed by atoms with Crippen molar-refractivity contribution >= 4 is 11.6 Å². The minimum absolute atomic E-state index is 0.0151. The van der Waals surface area contributed by atoms with Gasteiger partial charge in [0.1, 0.15) is 0 Å². The second-order valence-corrected chi connectivity index (χ2v) is 14.9. The molecule has 1 fully saturated rings. The Morgan fingerprint density at radius 3 is 1.84 bits per heavy atom. The number of carbonyl (C=O) groups is 2. The highest BCUT2D eigenvalue weighted by molar-refractivity contribution is 6.00. The van der Waals surface area contributed by atoms with Crippen LogP contribution < -0.4 is 16.7 Å². The standard InChI is InChI=1S/C20H21N3O.C20H19N3O.CH6N2.CH5NO.CH4/c2*1-12-15-10-9-14-17(13-7-5-4-6-8-13)22-23-19(14)20(15,2)11-16(21-3)18(12)24;1-3-2;1-2-3;/h4-8,12,15-16H,9-11H2,1-2H3,(H,22,23);4-8,11-12,15H,9-10H2,1-2H3,(H,22,23);3H,2H2,1H3;2-3H,1H3;1H4/t12-,15-,16?,20-;12-,15-,20-;;;/m00.../s1/i;;;;1T. The fraction of sp³-hybridized carbons (Fsp3) is 0.442. The maximum atomic E-state index is 12.5. The molecule has 0 radical (unpaired) electrons. The Balaban J connectivity index is 0.000000210. The lowest BCUT2D eigenvalue weighted by molar-refractivity contribution is -0.129. The van der Waals surface area contributed by atoms with E-state index < -0.39 is 6.04 Å². The van der Waals surface area contributed by atoms with Crippen LogP contribution in [0.4, 0.5) is 0 Å². The Kier molecular flexibility index (Phi) is 13.3.